The van der Waals surface area contributed by atoms with Gasteiger partial charge in [-0.25, -0.2) is 0 Å². The van der Waals surface area contributed by atoms with Crippen LogP contribution >= 0.6 is 0 Å². The van der Waals surface area contributed by atoms with E-state index in [1.807, 2.05) is 19.1 Å². The summed E-state index contributed by atoms with van der Waals surface area (Å²) in [6, 6.07) is 5.58. The second-order valence-corrected chi connectivity index (χ2v) is 2.82. The van der Waals surface area contributed by atoms with Gasteiger partial charge in [-0.2, -0.15) is 0 Å². The summed E-state index contributed by atoms with van der Waals surface area (Å²) in [5.74, 6) is 0.347. The van der Waals surface area contributed by atoms with Crippen molar-refractivity contribution in [3.63, 3.8) is 0 Å². The third-order valence-corrected chi connectivity index (χ3v) is 1.82. The van der Waals surface area contributed by atoms with E-state index in [0.717, 1.165) is 18.5 Å². The predicted octanol–water partition coefficient (Wildman–Crippen LogP) is 1.50. The van der Waals surface area contributed by atoms with E-state index in [9.17, 15) is 5.11 Å². The Kier molecular flexibility index (Phi) is 3.11. The van der Waals surface area contributed by atoms with Crippen LogP contribution in [0.3, 0.4) is 0 Å². The van der Waals surface area contributed by atoms with Gasteiger partial charge in [0.1, 0.15) is 5.75 Å². The van der Waals surface area contributed by atoms with Gasteiger partial charge in [0.05, 0.1) is 0 Å². The highest BCUT2D eigenvalue weighted by atomic mass is 16.3. The van der Waals surface area contributed by atoms with Crippen molar-refractivity contribution >= 4 is 0 Å². The molecule has 2 nitrogen and oxygen atoms in total. The van der Waals surface area contributed by atoms with Crippen molar-refractivity contribution in [3.8, 4) is 5.75 Å². The zero-order valence-electron chi connectivity index (χ0n) is 7.17. The third kappa shape index (κ3) is 2.24. The molecule has 0 aliphatic rings. The number of aryl methyl sites for hydroxylation is 1. The van der Waals surface area contributed by atoms with Gasteiger partial charge in [-0.3, -0.25) is 0 Å². The van der Waals surface area contributed by atoms with Crippen LogP contribution in [-0.4, -0.2) is 11.7 Å². The maximum Gasteiger partial charge on any atom is 0.118 e. The van der Waals surface area contributed by atoms with E-state index in [4.69, 9.17) is 7.05 Å². The van der Waals surface area contributed by atoms with Gasteiger partial charge < -0.3 is 10.4 Å². The van der Waals surface area contributed by atoms with E-state index in [-0.39, 0.29) is 0 Å². The molecule has 1 aromatic carbocycles. The molecule has 1 aromatic rings. The van der Waals surface area contributed by atoms with E-state index in [1.165, 1.54) is 5.56 Å². The SMILES string of the molecule is [CH]NCCc1ccc(O)c(C)c1. The van der Waals surface area contributed by atoms with Crippen molar-refractivity contribution in [1.82, 2.24) is 5.32 Å². The molecule has 0 aliphatic heterocycles. The molecule has 2 radical (unpaired) electrons. The van der Waals surface area contributed by atoms with Gasteiger partial charge in [-0.05, 0) is 37.1 Å². The summed E-state index contributed by atoms with van der Waals surface area (Å²) >= 11 is 0. The molecule has 12 heavy (non-hydrogen) atoms. The number of nitrogens with one attached hydrogen (secondary N) is 1. The molecule has 2 heteroatoms. The van der Waals surface area contributed by atoms with Crippen molar-refractivity contribution < 1.29 is 5.11 Å². The Morgan fingerprint density at radius 1 is 1.50 bits per heavy atom. The van der Waals surface area contributed by atoms with E-state index in [1.54, 1.807) is 6.07 Å². The zero-order valence-corrected chi connectivity index (χ0v) is 7.17. The van der Waals surface area contributed by atoms with Gasteiger partial charge in [0.25, 0.3) is 0 Å². The molecule has 64 valence electrons. The second-order valence-electron chi connectivity index (χ2n) is 2.82. The normalized spacial score (nSPS) is 10.2. The summed E-state index contributed by atoms with van der Waals surface area (Å²) in [5, 5.41) is 11.8. The average Bonchev–Trinajstić information content (AvgIpc) is 2.07. The molecule has 0 aromatic heterocycles. The minimum absolute atomic E-state index is 0.347. The van der Waals surface area contributed by atoms with E-state index >= 15 is 0 Å². The van der Waals surface area contributed by atoms with E-state index < -0.39 is 0 Å². The Bertz CT molecular complexity index is 258. The summed E-state index contributed by atoms with van der Waals surface area (Å²) in [6.07, 6.45) is 0.887. The van der Waals surface area contributed by atoms with Crippen molar-refractivity contribution in [1.29, 1.82) is 0 Å². The standard InChI is InChI=1S/C10H13NO/c1-8-7-9(5-6-11-2)3-4-10(8)12/h2-4,7,11-12H,5-6H2,1H3. The van der Waals surface area contributed by atoms with Crippen LogP contribution in [0.1, 0.15) is 11.1 Å². The Balaban J connectivity index is 2.69. The number of aromatic hydroxyl groups is 1. The molecule has 0 aliphatic carbocycles. The van der Waals surface area contributed by atoms with E-state index in [0.29, 0.717) is 5.75 Å². The highest BCUT2D eigenvalue weighted by Crippen LogP contribution is 2.16. The fourth-order valence-electron chi connectivity index (χ4n) is 1.09. The van der Waals surface area contributed by atoms with E-state index in [2.05, 4.69) is 5.32 Å². The monoisotopic (exact) mass is 163 g/mol. The van der Waals surface area contributed by atoms with Gasteiger partial charge in [-0.15, -0.1) is 0 Å². The number of hydrogen-bond acceptors (Lipinski definition) is 2. The predicted molar refractivity (Wildman–Crippen MR) is 48.9 cm³/mol. The smallest absolute Gasteiger partial charge is 0.118 e. The molecule has 0 heterocycles. The minimum atomic E-state index is 0.347. The Morgan fingerprint density at radius 2 is 2.25 bits per heavy atom. The van der Waals surface area contributed by atoms with Crippen LogP contribution in [-0.2, 0) is 6.42 Å². The lowest BCUT2D eigenvalue weighted by Gasteiger charge is -2.03. The van der Waals surface area contributed by atoms with Crippen LogP contribution in [0, 0.1) is 14.0 Å². The molecule has 0 amide bonds. The van der Waals surface area contributed by atoms with Crippen LogP contribution in [0.5, 0.6) is 5.75 Å². The van der Waals surface area contributed by atoms with Crippen LogP contribution in [0.4, 0.5) is 0 Å². The molecule has 0 saturated heterocycles. The number of hydrogen-bond donors (Lipinski definition) is 2. The molecular formula is C10H13NO. The van der Waals surface area contributed by atoms with Gasteiger partial charge >= 0.3 is 0 Å². The van der Waals surface area contributed by atoms with Crippen LogP contribution in [0.15, 0.2) is 18.2 Å². The van der Waals surface area contributed by atoms with Crippen LogP contribution in [0.2, 0.25) is 0 Å². The summed E-state index contributed by atoms with van der Waals surface area (Å²) < 4.78 is 0. The fourth-order valence-corrected chi connectivity index (χ4v) is 1.09. The van der Waals surface area contributed by atoms with Gasteiger partial charge in [0.2, 0.25) is 0 Å². The first kappa shape index (κ1) is 9.07. The zero-order chi connectivity index (χ0) is 8.97. The molecule has 0 unspecified atom stereocenters. The molecular weight excluding hydrogens is 150 g/mol. The minimum Gasteiger partial charge on any atom is -0.508 e. The largest absolute Gasteiger partial charge is 0.508 e. The number of phenolic OH excluding ortho intramolecular Hbond substituents is 1. The Morgan fingerprint density at radius 3 is 2.83 bits per heavy atom. The van der Waals surface area contributed by atoms with Gasteiger partial charge in [0, 0.05) is 7.05 Å². The summed E-state index contributed by atoms with van der Waals surface area (Å²) in [6.45, 7) is 2.64. The lowest BCUT2D eigenvalue weighted by atomic mass is 10.1. The molecule has 0 saturated carbocycles. The van der Waals surface area contributed by atoms with Crippen molar-refractivity contribution in [2.45, 2.75) is 13.3 Å². The van der Waals surface area contributed by atoms with Crippen molar-refractivity contribution in [2.75, 3.05) is 6.54 Å². The fraction of sp³-hybridized carbons (Fsp3) is 0.300. The van der Waals surface area contributed by atoms with Gasteiger partial charge in [0.15, 0.2) is 0 Å². The number of rotatable bonds is 3. The van der Waals surface area contributed by atoms with Gasteiger partial charge in [-0.1, -0.05) is 12.1 Å². The highest BCUT2D eigenvalue weighted by Gasteiger charge is 1.96. The lowest BCUT2D eigenvalue weighted by molar-refractivity contribution is 0.471. The number of benzene rings is 1. The summed E-state index contributed by atoms with van der Waals surface area (Å²) in [5.41, 5.74) is 2.09. The molecule has 0 fully saturated rings. The quantitative estimate of drug-likeness (QED) is 0.662. The van der Waals surface area contributed by atoms with Crippen molar-refractivity contribution in [3.05, 3.63) is 36.4 Å². The van der Waals surface area contributed by atoms with Crippen molar-refractivity contribution in [2.24, 2.45) is 0 Å². The topological polar surface area (TPSA) is 32.3 Å². The maximum atomic E-state index is 9.23. The number of phenols is 1. The first-order valence-corrected chi connectivity index (χ1v) is 3.96. The average molecular weight is 163 g/mol. The highest BCUT2D eigenvalue weighted by molar-refractivity contribution is 5.34. The second kappa shape index (κ2) is 4.12. The van der Waals surface area contributed by atoms with Crippen LogP contribution in [0.25, 0.3) is 0 Å². The Labute approximate surface area is 73.2 Å². The maximum absolute atomic E-state index is 9.23. The molecule has 2 N–H and O–H groups in total. The molecule has 0 spiro atoms. The molecule has 0 bridgehead atoms. The lowest BCUT2D eigenvalue weighted by Crippen LogP contribution is -2.07. The third-order valence-electron chi connectivity index (χ3n) is 1.82. The molecule has 0 atom stereocenters. The summed E-state index contributed by atoms with van der Waals surface area (Å²) in [4.78, 5) is 0. The van der Waals surface area contributed by atoms with Crippen LogP contribution < -0.4 is 5.32 Å². The first-order valence-electron chi connectivity index (χ1n) is 3.96. The summed E-state index contributed by atoms with van der Waals surface area (Å²) in [7, 11) is 5.14. The molecule has 1 rings (SSSR count). The first-order chi connectivity index (χ1) is 5.74. The Hall–Kier alpha value is -1.02.